The number of fused-ring (bicyclic) bond motifs is 16. The van der Waals surface area contributed by atoms with E-state index in [-0.39, 0.29) is 0 Å². The second-order valence-electron chi connectivity index (χ2n) is 20.1. The number of benzene rings is 8. The molecule has 16 rings (SSSR count). The molecular weight excluding hydrogens is 973 g/mol. The molecule has 2 aliphatic rings. The van der Waals surface area contributed by atoms with E-state index in [1.54, 1.807) is 0 Å². The van der Waals surface area contributed by atoms with E-state index in [1.165, 1.54) is 108 Å². The summed E-state index contributed by atoms with van der Waals surface area (Å²) in [5.74, 6) is 1.85. The SMILES string of the molecule is C(=Cc1ccc(-c2ccc3c(c2)c2ccccc2n3-c2ccccn2)s1)c1ccc2c(c1)C1(c3ccccc3-c3ccccc31)c1cc(C=Cc3ccc(-c4ccc5c(c4)c4ccccc4n5-c4ccccn4)s3)ccc1-2. The van der Waals surface area contributed by atoms with Gasteiger partial charge in [-0.25, -0.2) is 9.97 Å². The highest BCUT2D eigenvalue weighted by molar-refractivity contribution is 7.16. The van der Waals surface area contributed by atoms with Gasteiger partial charge in [0.25, 0.3) is 0 Å². The van der Waals surface area contributed by atoms with Crippen molar-refractivity contribution < 1.29 is 0 Å². The van der Waals surface area contributed by atoms with Crippen LogP contribution in [0.15, 0.2) is 243 Å². The molecular formula is C71H44N4S2. The lowest BCUT2D eigenvalue weighted by Gasteiger charge is -2.30. The van der Waals surface area contributed by atoms with E-state index in [2.05, 4.69) is 240 Å². The third-order valence-electron chi connectivity index (χ3n) is 15.9. The molecule has 360 valence electrons. The van der Waals surface area contributed by atoms with Crippen molar-refractivity contribution in [1.82, 2.24) is 19.1 Å². The number of hydrogen-bond acceptors (Lipinski definition) is 4. The first-order valence-corrected chi connectivity index (χ1v) is 27.7. The van der Waals surface area contributed by atoms with Gasteiger partial charge in [0.2, 0.25) is 0 Å². The Hall–Kier alpha value is -9.46. The topological polar surface area (TPSA) is 35.6 Å². The van der Waals surface area contributed by atoms with Crippen LogP contribution in [0.2, 0.25) is 0 Å². The molecule has 0 fully saturated rings. The molecule has 6 heterocycles. The van der Waals surface area contributed by atoms with Crippen molar-refractivity contribution in [1.29, 1.82) is 0 Å². The Morgan fingerprint density at radius 1 is 0.325 bits per heavy atom. The zero-order valence-corrected chi connectivity index (χ0v) is 43.1. The maximum atomic E-state index is 4.72. The van der Waals surface area contributed by atoms with Crippen LogP contribution in [-0.2, 0) is 5.41 Å². The minimum atomic E-state index is -0.464. The Labute approximate surface area is 453 Å². The van der Waals surface area contributed by atoms with Crippen LogP contribution in [0.3, 0.4) is 0 Å². The highest BCUT2D eigenvalue weighted by atomic mass is 32.1. The van der Waals surface area contributed by atoms with Gasteiger partial charge in [-0.1, -0.05) is 146 Å². The second kappa shape index (κ2) is 17.3. The van der Waals surface area contributed by atoms with Gasteiger partial charge in [-0.2, -0.15) is 0 Å². The summed E-state index contributed by atoms with van der Waals surface area (Å²) in [6, 6.07) is 84.6. The molecule has 2 aliphatic carbocycles. The summed E-state index contributed by atoms with van der Waals surface area (Å²) >= 11 is 3.66. The molecule has 6 aromatic heterocycles. The van der Waals surface area contributed by atoms with Gasteiger partial charge in [-0.3, -0.25) is 9.13 Å². The Bertz CT molecular complexity index is 4450. The van der Waals surface area contributed by atoms with Crippen molar-refractivity contribution in [3.63, 3.8) is 0 Å². The molecule has 1 spiro atoms. The van der Waals surface area contributed by atoms with Crippen LogP contribution in [0.4, 0.5) is 0 Å². The fourth-order valence-electron chi connectivity index (χ4n) is 12.7. The first kappa shape index (κ1) is 43.9. The summed E-state index contributed by atoms with van der Waals surface area (Å²) in [6.45, 7) is 0. The van der Waals surface area contributed by atoms with E-state index in [4.69, 9.17) is 9.97 Å². The minimum Gasteiger partial charge on any atom is -0.294 e. The van der Waals surface area contributed by atoms with E-state index < -0.39 is 5.41 Å². The molecule has 14 aromatic rings. The molecule has 0 aliphatic heterocycles. The fraction of sp³-hybridized carbons (Fsp3) is 0.0141. The summed E-state index contributed by atoms with van der Waals surface area (Å²) in [4.78, 5) is 14.4. The van der Waals surface area contributed by atoms with Gasteiger partial charge in [0.15, 0.2) is 0 Å². The summed E-state index contributed by atoms with van der Waals surface area (Å²) < 4.78 is 4.54. The average Bonchev–Trinajstić information content (AvgIpc) is 4.50. The molecule has 4 nitrogen and oxygen atoms in total. The molecule has 8 aromatic carbocycles. The molecule has 77 heavy (non-hydrogen) atoms. The van der Waals surface area contributed by atoms with Crippen LogP contribution in [-0.4, -0.2) is 19.1 Å². The second-order valence-corrected chi connectivity index (χ2v) is 22.3. The van der Waals surface area contributed by atoms with E-state index in [0.717, 1.165) is 33.7 Å². The summed E-state index contributed by atoms with van der Waals surface area (Å²) in [5, 5.41) is 4.91. The van der Waals surface area contributed by atoms with Crippen LogP contribution in [0.5, 0.6) is 0 Å². The molecule has 0 amide bonds. The maximum Gasteiger partial charge on any atom is 0.137 e. The van der Waals surface area contributed by atoms with E-state index >= 15 is 0 Å². The van der Waals surface area contributed by atoms with Gasteiger partial charge in [0.05, 0.1) is 27.5 Å². The fourth-order valence-corrected chi connectivity index (χ4v) is 14.5. The third kappa shape index (κ3) is 6.76. The lowest BCUT2D eigenvalue weighted by molar-refractivity contribution is 0.793. The first-order chi connectivity index (χ1) is 38.2. The molecule has 0 atom stereocenters. The van der Waals surface area contributed by atoms with Crippen LogP contribution < -0.4 is 0 Å². The monoisotopic (exact) mass is 1020 g/mol. The Morgan fingerprint density at radius 2 is 0.753 bits per heavy atom. The minimum absolute atomic E-state index is 0.464. The zero-order chi connectivity index (χ0) is 50.6. The first-order valence-electron chi connectivity index (χ1n) is 26.1. The Kier molecular flexibility index (Phi) is 9.86. The zero-order valence-electron chi connectivity index (χ0n) is 41.5. The van der Waals surface area contributed by atoms with Gasteiger partial charge >= 0.3 is 0 Å². The van der Waals surface area contributed by atoms with E-state index in [9.17, 15) is 0 Å². The molecule has 0 radical (unpaired) electrons. The van der Waals surface area contributed by atoms with Crippen molar-refractivity contribution in [3.8, 4) is 54.8 Å². The van der Waals surface area contributed by atoms with Crippen LogP contribution in [0.1, 0.15) is 43.1 Å². The number of hydrogen-bond donors (Lipinski definition) is 0. The highest BCUT2D eigenvalue weighted by Gasteiger charge is 2.51. The summed E-state index contributed by atoms with van der Waals surface area (Å²) in [5.41, 5.74) is 19.5. The highest BCUT2D eigenvalue weighted by Crippen LogP contribution is 2.63. The number of thiophene rings is 2. The van der Waals surface area contributed by atoms with Gasteiger partial charge in [0, 0.05) is 53.4 Å². The molecule has 0 saturated heterocycles. The molecule has 6 heteroatoms. The van der Waals surface area contributed by atoms with Gasteiger partial charge in [-0.15, -0.1) is 22.7 Å². The Balaban J connectivity index is 0.732. The van der Waals surface area contributed by atoms with Crippen LogP contribution >= 0.6 is 22.7 Å². The van der Waals surface area contributed by atoms with Crippen molar-refractivity contribution in [2.24, 2.45) is 0 Å². The smallest absolute Gasteiger partial charge is 0.137 e. The third-order valence-corrected chi connectivity index (χ3v) is 18.1. The van der Waals surface area contributed by atoms with Gasteiger partial charge in [-0.05, 0) is 176 Å². The van der Waals surface area contributed by atoms with E-state index in [0.29, 0.717) is 0 Å². The van der Waals surface area contributed by atoms with E-state index in [1.807, 2.05) is 59.3 Å². The average molecular weight is 1020 g/mol. The lowest BCUT2D eigenvalue weighted by atomic mass is 9.70. The van der Waals surface area contributed by atoms with Crippen LogP contribution in [0.25, 0.3) is 123 Å². The molecule has 0 N–H and O–H groups in total. The number of pyridine rings is 2. The quantitative estimate of drug-likeness (QED) is 0.152. The van der Waals surface area contributed by atoms with Crippen LogP contribution in [0, 0.1) is 0 Å². The number of nitrogens with zero attached hydrogens (tertiary/aromatic N) is 4. The summed E-state index contributed by atoms with van der Waals surface area (Å²) in [7, 11) is 0. The predicted molar refractivity (Wildman–Crippen MR) is 324 cm³/mol. The van der Waals surface area contributed by atoms with Crippen molar-refractivity contribution in [2.75, 3.05) is 0 Å². The molecule has 0 saturated carbocycles. The number of para-hydroxylation sites is 2. The standard InChI is InChI=1S/C71H44N4S2/c1-5-17-59-51(13-1)52-14-2-6-18-60(52)71(59)61-41-45(23-29-49-31-37-67(76-49)47-27-35-65-57(43-47)55-15-3-7-19-63(55)74(65)69-21-9-11-39-72-69)25-33-53(61)54-34-26-46(42-62(54)71)24-30-50-32-38-68(77-50)48-28-36-66-58(44-48)56-16-4-8-20-64(56)75(66)70-22-10-12-40-73-70/h1-44H. The van der Waals surface area contributed by atoms with Gasteiger partial charge in [0.1, 0.15) is 11.6 Å². The largest absolute Gasteiger partial charge is 0.294 e. The lowest BCUT2D eigenvalue weighted by Crippen LogP contribution is -2.26. The summed E-state index contributed by atoms with van der Waals surface area (Å²) in [6.07, 6.45) is 12.9. The Morgan fingerprint density at radius 3 is 1.23 bits per heavy atom. The van der Waals surface area contributed by atoms with Crippen molar-refractivity contribution in [3.05, 3.63) is 286 Å². The number of aromatic nitrogens is 4. The van der Waals surface area contributed by atoms with Crippen molar-refractivity contribution in [2.45, 2.75) is 5.41 Å². The van der Waals surface area contributed by atoms with Gasteiger partial charge < -0.3 is 0 Å². The molecule has 0 unspecified atom stereocenters. The maximum absolute atomic E-state index is 4.72. The molecule has 0 bridgehead atoms. The van der Waals surface area contributed by atoms with Crippen molar-refractivity contribution >= 4 is 90.6 Å². The number of rotatable bonds is 8. The normalized spacial score (nSPS) is 13.2. The predicted octanol–water partition coefficient (Wildman–Crippen LogP) is 18.8.